The van der Waals surface area contributed by atoms with Crippen molar-refractivity contribution in [2.45, 2.75) is 59.0 Å². The molecule has 0 aliphatic carbocycles. The molecule has 6 heteroatoms. The zero-order valence-corrected chi connectivity index (χ0v) is 14.4. The Morgan fingerprint density at radius 1 is 1.32 bits per heavy atom. The van der Waals surface area contributed by atoms with Crippen molar-refractivity contribution in [2.75, 3.05) is 6.61 Å². The third-order valence-electron chi connectivity index (χ3n) is 3.99. The summed E-state index contributed by atoms with van der Waals surface area (Å²) >= 11 is 1.68. The average Bonchev–Trinajstić information content (AvgIpc) is 3.17. The van der Waals surface area contributed by atoms with E-state index in [2.05, 4.69) is 48.2 Å². The van der Waals surface area contributed by atoms with Crippen molar-refractivity contribution >= 4 is 11.3 Å². The van der Waals surface area contributed by atoms with Gasteiger partial charge < -0.3 is 9.26 Å². The van der Waals surface area contributed by atoms with E-state index in [1.807, 2.05) is 0 Å². The minimum absolute atomic E-state index is 0.0763. The predicted molar refractivity (Wildman–Crippen MR) is 85.1 cm³/mol. The van der Waals surface area contributed by atoms with Crippen LogP contribution in [0.2, 0.25) is 0 Å². The summed E-state index contributed by atoms with van der Waals surface area (Å²) in [5.41, 5.74) is 1.08. The fraction of sp³-hybridized carbons (Fsp3) is 0.688. The largest absolute Gasteiger partial charge is 0.377 e. The lowest BCUT2D eigenvalue weighted by molar-refractivity contribution is 0.0193. The van der Waals surface area contributed by atoms with Crippen LogP contribution in [0.3, 0.4) is 0 Å². The summed E-state index contributed by atoms with van der Waals surface area (Å²) in [5, 5.41) is 7.41. The van der Waals surface area contributed by atoms with Gasteiger partial charge in [-0.3, -0.25) is 0 Å². The number of aryl methyl sites for hydroxylation is 1. The third kappa shape index (κ3) is 3.22. The zero-order valence-electron chi connectivity index (χ0n) is 13.6. The minimum atomic E-state index is 0.0763. The van der Waals surface area contributed by atoms with Crippen molar-refractivity contribution in [1.29, 1.82) is 0 Å². The molecule has 120 valence electrons. The van der Waals surface area contributed by atoms with Gasteiger partial charge in [-0.1, -0.05) is 32.9 Å². The van der Waals surface area contributed by atoms with E-state index in [0.29, 0.717) is 12.3 Å². The lowest BCUT2D eigenvalue weighted by atomic mass is 9.81. The van der Waals surface area contributed by atoms with Crippen LogP contribution < -0.4 is 0 Å². The molecule has 1 aliphatic rings. The quantitative estimate of drug-likeness (QED) is 0.861. The van der Waals surface area contributed by atoms with Gasteiger partial charge in [0.25, 0.3) is 0 Å². The number of hydrogen-bond donors (Lipinski definition) is 0. The van der Waals surface area contributed by atoms with E-state index in [1.54, 1.807) is 11.3 Å². The lowest BCUT2D eigenvalue weighted by Gasteiger charge is -2.29. The molecule has 0 radical (unpaired) electrons. The van der Waals surface area contributed by atoms with Crippen molar-refractivity contribution in [1.82, 2.24) is 15.1 Å². The second-order valence-electron chi connectivity index (χ2n) is 6.86. The normalized spacial score (nSPS) is 22.4. The van der Waals surface area contributed by atoms with Crippen LogP contribution in [0.5, 0.6) is 0 Å². The molecule has 0 aromatic carbocycles. The Labute approximate surface area is 135 Å². The number of ether oxygens (including phenoxy) is 1. The van der Waals surface area contributed by atoms with Gasteiger partial charge >= 0.3 is 0 Å². The molecule has 1 aliphatic heterocycles. The molecule has 2 atom stereocenters. The number of nitrogens with zero attached hydrogens (tertiary/aromatic N) is 3. The van der Waals surface area contributed by atoms with Gasteiger partial charge in [0.1, 0.15) is 0 Å². The van der Waals surface area contributed by atoms with Crippen LogP contribution in [0.25, 0.3) is 0 Å². The fourth-order valence-corrected chi connectivity index (χ4v) is 3.69. The summed E-state index contributed by atoms with van der Waals surface area (Å²) in [6.07, 6.45) is 2.67. The topological polar surface area (TPSA) is 61.0 Å². The highest BCUT2D eigenvalue weighted by Crippen LogP contribution is 2.39. The molecule has 2 aromatic heterocycles. The van der Waals surface area contributed by atoms with Crippen molar-refractivity contribution < 1.29 is 9.26 Å². The highest BCUT2D eigenvalue weighted by molar-refractivity contribution is 7.09. The molecule has 0 saturated carbocycles. The van der Waals surface area contributed by atoms with Crippen LogP contribution in [-0.2, 0) is 17.6 Å². The van der Waals surface area contributed by atoms with E-state index in [-0.39, 0.29) is 17.4 Å². The molecule has 0 N–H and O–H groups in total. The number of thiazole rings is 1. The Morgan fingerprint density at radius 2 is 2.14 bits per heavy atom. The van der Waals surface area contributed by atoms with Crippen molar-refractivity contribution in [2.24, 2.45) is 5.41 Å². The van der Waals surface area contributed by atoms with Crippen LogP contribution in [-0.4, -0.2) is 27.8 Å². The van der Waals surface area contributed by atoms with Crippen LogP contribution >= 0.6 is 11.3 Å². The summed E-state index contributed by atoms with van der Waals surface area (Å²) in [4.78, 5) is 9.14. The molecule has 2 aromatic rings. The molecule has 3 heterocycles. The summed E-state index contributed by atoms with van der Waals surface area (Å²) in [7, 11) is 0. The van der Waals surface area contributed by atoms with Gasteiger partial charge in [-0.2, -0.15) is 4.98 Å². The van der Waals surface area contributed by atoms with Gasteiger partial charge in [-0.05, 0) is 18.3 Å². The Bertz CT molecular complexity index is 629. The molecule has 0 unspecified atom stereocenters. The molecule has 0 bridgehead atoms. The van der Waals surface area contributed by atoms with Gasteiger partial charge in [-0.15, -0.1) is 11.3 Å². The zero-order chi connectivity index (χ0) is 15.7. The molecular weight excluding hydrogens is 298 g/mol. The summed E-state index contributed by atoms with van der Waals surface area (Å²) < 4.78 is 11.3. The molecule has 1 fully saturated rings. The predicted octanol–water partition coefficient (Wildman–Crippen LogP) is 3.60. The molecular formula is C16H23N3O2S. The average molecular weight is 321 g/mol. The van der Waals surface area contributed by atoms with Crippen LogP contribution in [0.4, 0.5) is 0 Å². The van der Waals surface area contributed by atoms with Gasteiger partial charge in [-0.25, -0.2) is 4.98 Å². The van der Waals surface area contributed by atoms with E-state index in [1.165, 1.54) is 0 Å². The number of hydrogen-bond acceptors (Lipinski definition) is 6. The number of aromatic nitrogens is 3. The van der Waals surface area contributed by atoms with E-state index in [9.17, 15) is 0 Å². The Balaban J connectivity index is 1.73. The van der Waals surface area contributed by atoms with E-state index < -0.39 is 0 Å². The van der Waals surface area contributed by atoms with E-state index in [4.69, 9.17) is 9.26 Å². The molecule has 22 heavy (non-hydrogen) atoms. The molecule has 5 nitrogen and oxygen atoms in total. The van der Waals surface area contributed by atoms with Gasteiger partial charge in [0.15, 0.2) is 5.82 Å². The van der Waals surface area contributed by atoms with Gasteiger partial charge in [0.2, 0.25) is 5.89 Å². The van der Waals surface area contributed by atoms with Gasteiger partial charge in [0.05, 0.1) is 29.1 Å². The molecule has 0 spiro atoms. The maximum Gasteiger partial charge on any atom is 0.232 e. The van der Waals surface area contributed by atoms with Gasteiger partial charge in [0, 0.05) is 12.0 Å². The maximum absolute atomic E-state index is 5.90. The number of rotatable bonds is 4. The van der Waals surface area contributed by atoms with Crippen molar-refractivity contribution in [3.63, 3.8) is 0 Å². The lowest BCUT2D eigenvalue weighted by Crippen LogP contribution is -2.30. The summed E-state index contributed by atoms with van der Waals surface area (Å²) in [6.45, 7) is 9.46. The SMILES string of the molecule is CCc1nc(Cc2nc([C@H]3CCO[C@@H]3C(C)(C)C)no2)cs1. The first kappa shape index (κ1) is 15.6. The smallest absolute Gasteiger partial charge is 0.232 e. The highest BCUT2D eigenvalue weighted by Gasteiger charge is 2.40. The first-order chi connectivity index (χ1) is 10.5. The highest BCUT2D eigenvalue weighted by atomic mass is 32.1. The molecule has 0 amide bonds. The van der Waals surface area contributed by atoms with Crippen LogP contribution in [0.15, 0.2) is 9.90 Å². The Kier molecular flexibility index (Phi) is 4.32. The Morgan fingerprint density at radius 3 is 2.82 bits per heavy atom. The van der Waals surface area contributed by atoms with Crippen LogP contribution in [0.1, 0.15) is 62.5 Å². The first-order valence-electron chi connectivity index (χ1n) is 7.84. The molecule has 3 rings (SSSR count). The second-order valence-corrected chi connectivity index (χ2v) is 7.80. The minimum Gasteiger partial charge on any atom is -0.377 e. The maximum atomic E-state index is 5.90. The van der Waals surface area contributed by atoms with Crippen molar-refractivity contribution in [3.8, 4) is 0 Å². The van der Waals surface area contributed by atoms with E-state index in [0.717, 1.165) is 36.0 Å². The summed E-state index contributed by atoms with van der Waals surface area (Å²) in [6, 6.07) is 0. The van der Waals surface area contributed by atoms with E-state index >= 15 is 0 Å². The van der Waals surface area contributed by atoms with Crippen molar-refractivity contribution in [3.05, 3.63) is 27.8 Å². The third-order valence-corrected chi connectivity index (χ3v) is 5.04. The summed E-state index contributed by atoms with van der Waals surface area (Å²) in [5.74, 6) is 1.64. The van der Waals surface area contributed by atoms with Crippen LogP contribution in [0, 0.1) is 5.41 Å². The second kappa shape index (κ2) is 6.08. The monoisotopic (exact) mass is 321 g/mol. The first-order valence-corrected chi connectivity index (χ1v) is 8.72. The Hall–Kier alpha value is -1.27. The fourth-order valence-electron chi connectivity index (χ4n) is 2.95. The standard InChI is InChI=1S/C16H23N3O2S/c1-5-13-17-10(9-22-13)8-12-18-15(19-21-12)11-6-7-20-14(11)16(2,3)4/h9,11,14H,5-8H2,1-4H3/t11-,14-/m0/s1. The molecule has 1 saturated heterocycles.